The molecule has 13 nitrogen and oxygen atoms in total. The normalized spacial score (nSPS) is 10.6. The molecule has 0 aliphatic carbocycles. The maximum Gasteiger partial charge on any atom is 0.381 e. The summed E-state index contributed by atoms with van der Waals surface area (Å²) in [4.78, 5) is 0. The standard InChI is InChI=1S/C4H14O13Si14/c1-19(2)17-31(3,4)30(16)29(15)28(14)27(13)26(12)25(11)24(10)23(9)22(8)21(7)20(6)18-5/h18-19H,1-4H3. The molecule has 164 valence electrons. The van der Waals surface area contributed by atoms with Gasteiger partial charge in [-0.25, -0.2) is 0 Å². The van der Waals surface area contributed by atoms with E-state index >= 15 is 0 Å². The fourth-order valence-corrected chi connectivity index (χ4v) is 141. The molecule has 0 unspecified atom stereocenters. The third kappa shape index (κ3) is 8.71. The van der Waals surface area contributed by atoms with Gasteiger partial charge in [-0.2, -0.15) is 0 Å². The molecule has 0 atom stereocenters. The van der Waals surface area contributed by atoms with Crippen LogP contribution in [0.4, 0.5) is 0 Å². The monoisotopic (exact) mass is 662 g/mol. The van der Waals surface area contributed by atoms with Crippen LogP contribution in [0.2, 0.25) is 26.2 Å². The minimum atomic E-state index is -3.96. The smallest absolute Gasteiger partial charge is 0.381 e. The van der Waals surface area contributed by atoms with E-state index in [0.29, 0.717) is 0 Å². The fraction of sp³-hybridized carbons (Fsp3) is 1.00. The molecule has 0 fully saturated rings. The first-order chi connectivity index (χ1) is 14.0. The van der Waals surface area contributed by atoms with E-state index in [2.05, 4.69) is 0 Å². The summed E-state index contributed by atoms with van der Waals surface area (Å²) < 4.78 is 149. The van der Waals surface area contributed by atoms with E-state index in [0.717, 1.165) is 0 Å². The molecule has 0 saturated carbocycles. The Balaban J connectivity index is 5.52. The summed E-state index contributed by atoms with van der Waals surface area (Å²) in [6.45, 7) is 6.52. The van der Waals surface area contributed by atoms with Crippen LogP contribution in [0.3, 0.4) is 0 Å². The van der Waals surface area contributed by atoms with E-state index in [1.165, 1.54) is 13.1 Å². The van der Waals surface area contributed by atoms with E-state index in [1.54, 1.807) is 13.1 Å². The largest absolute Gasteiger partial charge is 0.456 e. The number of hydrogen-bond donors (Lipinski definition) is 0. The van der Waals surface area contributed by atoms with E-state index < -0.39 is 111 Å². The molecule has 31 heavy (non-hydrogen) atoms. The molecule has 0 bridgehead atoms. The topological polar surface area (TPSA) is 214 Å². The average molecular weight is 663 g/mol. The third-order valence-electron chi connectivity index (χ3n) is 3.26. The summed E-state index contributed by atoms with van der Waals surface area (Å²) in [5.74, 6) is 0. The predicted octanol–water partition coefficient (Wildman–Crippen LogP) is -5.03. The first-order valence-electron chi connectivity index (χ1n) is 8.11. The lowest BCUT2D eigenvalue weighted by Crippen LogP contribution is -2.58. The highest BCUT2D eigenvalue weighted by Crippen LogP contribution is 2.07. The fourth-order valence-electron chi connectivity index (χ4n) is 1.91. The van der Waals surface area contributed by atoms with Crippen LogP contribution in [0, 0.1) is 0 Å². The van der Waals surface area contributed by atoms with Gasteiger partial charge in [0.15, 0.2) is 9.04 Å². The summed E-state index contributed by atoms with van der Waals surface area (Å²) >= 11 is 0. The van der Waals surface area contributed by atoms with E-state index in [4.69, 9.17) is 4.12 Å². The van der Waals surface area contributed by atoms with Crippen LogP contribution in [0.5, 0.6) is 0 Å². The Labute approximate surface area is 193 Å². The second kappa shape index (κ2) is 13.5. The van der Waals surface area contributed by atoms with Gasteiger partial charge in [-0.05, 0) is 26.2 Å². The molecule has 0 aromatic carbocycles. The molecular formula is C4H14O13Si14. The average Bonchev–Trinajstić information content (AvgIpc) is 2.71. The zero-order chi connectivity index (χ0) is 24.8. The quantitative estimate of drug-likeness (QED) is 0.159. The molecule has 0 N–H and O–H groups in total. The minimum absolute atomic E-state index is 1.49. The van der Waals surface area contributed by atoms with Crippen LogP contribution in [0.25, 0.3) is 0 Å². The summed E-state index contributed by atoms with van der Waals surface area (Å²) in [7, 11) is -47.3. The summed E-state index contributed by atoms with van der Waals surface area (Å²) in [5.41, 5.74) is 0. The third-order valence-corrected chi connectivity index (χ3v) is 101. The maximum atomic E-state index is 12.5. The van der Waals surface area contributed by atoms with Gasteiger partial charge in [0.25, 0.3) is 0 Å². The van der Waals surface area contributed by atoms with Crippen molar-refractivity contribution in [2.75, 3.05) is 0 Å². The lowest BCUT2D eigenvalue weighted by Gasteiger charge is -2.21. The van der Waals surface area contributed by atoms with Crippen LogP contribution in [0.1, 0.15) is 0 Å². The zero-order valence-electron chi connectivity index (χ0n) is 16.5. The van der Waals surface area contributed by atoms with Gasteiger partial charge in [-0.15, -0.1) is 0 Å². The Morgan fingerprint density at radius 1 is 0.581 bits per heavy atom. The van der Waals surface area contributed by atoms with Gasteiger partial charge in [-0.3, -0.25) is 0 Å². The van der Waals surface area contributed by atoms with Crippen LogP contribution < -0.4 is 0 Å². The van der Waals surface area contributed by atoms with Gasteiger partial charge in [0, 0.05) is 0 Å². The predicted molar refractivity (Wildman–Crippen MR) is 116 cm³/mol. The second-order valence-electron chi connectivity index (χ2n) is 6.45. The van der Waals surface area contributed by atoms with Crippen molar-refractivity contribution in [3.63, 3.8) is 0 Å². The van der Waals surface area contributed by atoms with Crippen LogP contribution in [-0.2, 0) is 57.7 Å². The van der Waals surface area contributed by atoms with Gasteiger partial charge in [-0.1, -0.05) is 0 Å². The van der Waals surface area contributed by atoms with Gasteiger partial charge in [0.1, 0.15) is 0 Å². The van der Waals surface area contributed by atoms with Crippen molar-refractivity contribution in [2.24, 2.45) is 0 Å². The Bertz CT molecular complexity index is 988. The number of rotatable bonds is 14. The highest BCUT2D eigenvalue weighted by molar-refractivity contribution is 7.79. The maximum absolute atomic E-state index is 12.5. The van der Waals surface area contributed by atoms with Gasteiger partial charge in [0.05, 0.1) is 0 Å². The Hall–Kier alpha value is 0.596. The van der Waals surface area contributed by atoms with Crippen molar-refractivity contribution in [3.8, 4) is 0 Å². The zero-order valence-corrected chi connectivity index (χ0v) is 30.8. The van der Waals surface area contributed by atoms with Crippen molar-refractivity contribution in [1.82, 2.24) is 0 Å². The molecule has 0 aromatic rings. The van der Waals surface area contributed by atoms with Crippen LogP contribution in [0.15, 0.2) is 0 Å². The highest BCUT2D eigenvalue weighted by Gasteiger charge is 2.54. The molecule has 27 heteroatoms. The van der Waals surface area contributed by atoms with Crippen molar-refractivity contribution >= 4 is 111 Å². The van der Waals surface area contributed by atoms with Crippen LogP contribution >= 0.6 is 0 Å². The molecule has 0 aromatic heterocycles. The first-order valence-corrected chi connectivity index (χ1v) is 42.6. The number of hydrogen-bond acceptors (Lipinski definition) is 13. The summed E-state index contributed by atoms with van der Waals surface area (Å²) in [5, 5.41) is 0. The van der Waals surface area contributed by atoms with E-state index in [-0.39, 0.29) is 0 Å². The Morgan fingerprint density at radius 3 is 1.16 bits per heavy atom. The van der Waals surface area contributed by atoms with E-state index in [9.17, 15) is 53.5 Å². The molecule has 0 aliphatic rings. The lowest BCUT2D eigenvalue weighted by atomic mass is 11.9. The minimum Gasteiger partial charge on any atom is -0.456 e. The Kier molecular flexibility index (Phi) is 13.7. The van der Waals surface area contributed by atoms with Crippen molar-refractivity contribution < 1.29 is 57.7 Å². The Morgan fingerprint density at radius 2 is 0.871 bits per heavy atom. The molecule has 0 rings (SSSR count). The van der Waals surface area contributed by atoms with Gasteiger partial charge >= 0.3 is 93.8 Å². The van der Waals surface area contributed by atoms with Crippen molar-refractivity contribution in [3.05, 3.63) is 0 Å². The second-order valence-corrected chi connectivity index (χ2v) is 71.4. The lowest BCUT2D eigenvalue weighted by molar-refractivity contribution is 0.532. The molecule has 0 spiro atoms. The molecule has 0 aliphatic heterocycles. The SMILES string of the molecule is C[SiH](C)O[Si](C)(C)[Si](=O)[Si](=O)[Si](=O)[Si](=O)[Si](=O)[Si](=O)[Si](=O)[Si](=O)[Si](=O)[Si](=O)[Si](=O)[SiH]=O. The molecular weight excluding hydrogens is 649 g/mol. The highest BCUT2D eigenvalue weighted by atomic mass is 30.1. The molecule has 0 heterocycles. The van der Waals surface area contributed by atoms with E-state index in [1.807, 2.05) is 0 Å². The van der Waals surface area contributed by atoms with Crippen molar-refractivity contribution in [2.45, 2.75) is 26.2 Å². The molecule has 0 saturated heterocycles. The van der Waals surface area contributed by atoms with Gasteiger partial charge < -0.3 is 57.7 Å². The first kappa shape index (κ1) is 31.6. The van der Waals surface area contributed by atoms with Crippen LogP contribution in [-0.4, -0.2) is 111 Å². The van der Waals surface area contributed by atoms with Gasteiger partial charge in [0.2, 0.25) is 7.83 Å². The van der Waals surface area contributed by atoms with Crippen molar-refractivity contribution in [1.29, 1.82) is 0 Å². The molecule has 0 radical (unpaired) electrons. The molecule has 0 amide bonds. The summed E-state index contributed by atoms with van der Waals surface area (Å²) in [6, 6.07) is 0. The summed E-state index contributed by atoms with van der Waals surface area (Å²) in [6.07, 6.45) is 0.